The summed E-state index contributed by atoms with van der Waals surface area (Å²) in [6.45, 7) is -0.379. The minimum absolute atomic E-state index is 0.379. The van der Waals surface area contributed by atoms with Gasteiger partial charge in [-0.1, -0.05) is 6.07 Å². The van der Waals surface area contributed by atoms with E-state index in [-0.39, 0.29) is 6.61 Å². The van der Waals surface area contributed by atoms with Crippen LogP contribution in [0.1, 0.15) is 27.9 Å². The number of methoxy groups -OCH3 is 2. The van der Waals surface area contributed by atoms with Gasteiger partial charge in [0.2, 0.25) is 0 Å². The zero-order chi connectivity index (χ0) is 18.5. The van der Waals surface area contributed by atoms with E-state index in [9.17, 15) is 9.59 Å². The first-order valence-electron chi connectivity index (χ1n) is 8.41. The van der Waals surface area contributed by atoms with E-state index in [1.807, 2.05) is 12.1 Å². The minimum atomic E-state index is -0.507. The van der Waals surface area contributed by atoms with Gasteiger partial charge in [0, 0.05) is 6.07 Å². The quantitative estimate of drug-likeness (QED) is 0.807. The minimum Gasteiger partial charge on any atom is -0.497 e. The molecule has 0 aliphatic heterocycles. The lowest BCUT2D eigenvalue weighted by molar-refractivity contribution is -0.119. The van der Waals surface area contributed by atoms with E-state index in [4.69, 9.17) is 14.2 Å². The van der Waals surface area contributed by atoms with Crippen LogP contribution in [0.3, 0.4) is 0 Å². The Bertz CT molecular complexity index is 831. The Kier molecular flexibility index (Phi) is 5.41. The zero-order valence-electron chi connectivity index (χ0n) is 14.8. The lowest BCUT2D eigenvalue weighted by Gasteiger charge is -2.12. The molecule has 1 N–H and O–H groups in total. The third-order valence-corrected chi connectivity index (χ3v) is 4.35. The second-order valence-electron chi connectivity index (χ2n) is 6.03. The van der Waals surface area contributed by atoms with Crippen LogP contribution in [0.25, 0.3) is 0 Å². The Labute approximate surface area is 152 Å². The smallest absolute Gasteiger partial charge is 0.338 e. The van der Waals surface area contributed by atoms with Crippen molar-refractivity contribution in [1.29, 1.82) is 0 Å². The van der Waals surface area contributed by atoms with E-state index in [0.717, 1.165) is 19.3 Å². The number of benzene rings is 2. The molecule has 0 radical (unpaired) electrons. The predicted molar refractivity (Wildman–Crippen MR) is 96.9 cm³/mol. The van der Waals surface area contributed by atoms with Crippen LogP contribution in [0.5, 0.6) is 11.5 Å². The van der Waals surface area contributed by atoms with Crippen molar-refractivity contribution in [3.63, 3.8) is 0 Å². The van der Waals surface area contributed by atoms with E-state index >= 15 is 0 Å². The summed E-state index contributed by atoms with van der Waals surface area (Å²) in [4.78, 5) is 24.3. The third-order valence-electron chi connectivity index (χ3n) is 4.35. The number of hydrogen-bond donors (Lipinski definition) is 1. The summed E-state index contributed by atoms with van der Waals surface area (Å²) in [6.07, 6.45) is 3.14. The van der Waals surface area contributed by atoms with Crippen LogP contribution in [0.2, 0.25) is 0 Å². The standard InChI is InChI=1S/C20H21NO5/c1-24-16-8-9-18(25-2)17(11-16)21-19(22)12-26-20(23)15-7-6-13-4-3-5-14(13)10-15/h6-11H,3-5,12H2,1-2H3,(H,21,22). The Balaban J connectivity index is 1.59. The van der Waals surface area contributed by atoms with Crippen LogP contribution in [0.4, 0.5) is 5.69 Å². The Morgan fingerprint density at radius 3 is 2.58 bits per heavy atom. The highest BCUT2D eigenvalue weighted by Gasteiger charge is 2.16. The summed E-state index contributed by atoms with van der Waals surface area (Å²) in [5, 5.41) is 2.66. The van der Waals surface area contributed by atoms with Crippen LogP contribution in [0.15, 0.2) is 36.4 Å². The normalized spacial score (nSPS) is 12.2. The molecule has 1 aliphatic rings. The van der Waals surface area contributed by atoms with Gasteiger partial charge in [0.1, 0.15) is 11.5 Å². The molecule has 26 heavy (non-hydrogen) atoms. The molecule has 0 heterocycles. The first-order chi connectivity index (χ1) is 12.6. The Hall–Kier alpha value is -3.02. The average molecular weight is 355 g/mol. The summed E-state index contributed by atoms with van der Waals surface area (Å²) in [5.74, 6) is 0.110. The van der Waals surface area contributed by atoms with Gasteiger partial charge in [-0.15, -0.1) is 0 Å². The van der Waals surface area contributed by atoms with E-state index in [1.165, 1.54) is 25.3 Å². The molecular weight excluding hydrogens is 334 g/mol. The van der Waals surface area contributed by atoms with Gasteiger partial charge in [-0.2, -0.15) is 0 Å². The molecule has 0 bridgehead atoms. The van der Waals surface area contributed by atoms with Crippen molar-refractivity contribution in [3.8, 4) is 11.5 Å². The Morgan fingerprint density at radius 1 is 1.00 bits per heavy atom. The lowest BCUT2D eigenvalue weighted by Crippen LogP contribution is -2.21. The topological polar surface area (TPSA) is 73.9 Å². The van der Waals surface area contributed by atoms with Crippen LogP contribution in [0, 0.1) is 0 Å². The molecule has 1 aliphatic carbocycles. The molecule has 136 valence electrons. The molecule has 6 heteroatoms. The van der Waals surface area contributed by atoms with E-state index in [2.05, 4.69) is 5.32 Å². The highest BCUT2D eigenvalue weighted by atomic mass is 16.5. The molecule has 0 spiro atoms. The third kappa shape index (κ3) is 3.96. The van der Waals surface area contributed by atoms with E-state index in [0.29, 0.717) is 22.7 Å². The maximum absolute atomic E-state index is 12.2. The van der Waals surface area contributed by atoms with Crippen molar-refractivity contribution in [3.05, 3.63) is 53.1 Å². The van der Waals surface area contributed by atoms with Crippen LogP contribution < -0.4 is 14.8 Å². The van der Waals surface area contributed by atoms with Gasteiger partial charge in [0.05, 0.1) is 25.5 Å². The largest absolute Gasteiger partial charge is 0.497 e. The molecule has 1 amide bonds. The monoisotopic (exact) mass is 355 g/mol. The fourth-order valence-electron chi connectivity index (χ4n) is 3.01. The summed E-state index contributed by atoms with van der Waals surface area (Å²) in [7, 11) is 3.04. The highest BCUT2D eigenvalue weighted by molar-refractivity contribution is 5.96. The number of rotatable bonds is 6. The summed E-state index contributed by atoms with van der Waals surface area (Å²) < 4.78 is 15.5. The van der Waals surface area contributed by atoms with Crippen LogP contribution in [-0.4, -0.2) is 32.7 Å². The molecule has 0 saturated carbocycles. The van der Waals surface area contributed by atoms with Crippen molar-refractivity contribution in [1.82, 2.24) is 0 Å². The fraction of sp³-hybridized carbons (Fsp3) is 0.300. The van der Waals surface area contributed by atoms with E-state index < -0.39 is 11.9 Å². The fourth-order valence-corrected chi connectivity index (χ4v) is 3.01. The Morgan fingerprint density at radius 2 is 1.81 bits per heavy atom. The second-order valence-corrected chi connectivity index (χ2v) is 6.03. The first kappa shape index (κ1) is 17.8. The molecule has 0 unspecified atom stereocenters. The molecule has 2 aromatic carbocycles. The van der Waals surface area contributed by atoms with Gasteiger partial charge >= 0.3 is 5.97 Å². The van der Waals surface area contributed by atoms with Gasteiger partial charge in [-0.3, -0.25) is 4.79 Å². The van der Waals surface area contributed by atoms with Crippen molar-refractivity contribution < 1.29 is 23.8 Å². The highest BCUT2D eigenvalue weighted by Crippen LogP contribution is 2.28. The molecule has 0 fully saturated rings. The molecular formula is C20H21NO5. The molecule has 2 aromatic rings. The predicted octanol–water partition coefficient (Wildman–Crippen LogP) is 2.99. The number of fused-ring (bicyclic) bond motifs is 1. The lowest BCUT2D eigenvalue weighted by atomic mass is 10.1. The summed E-state index contributed by atoms with van der Waals surface area (Å²) in [6, 6.07) is 10.6. The van der Waals surface area contributed by atoms with Gasteiger partial charge < -0.3 is 19.5 Å². The average Bonchev–Trinajstić information content (AvgIpc) is 3.13. The van der Waals surface area contributed by atoms with Gasteiger partial charge in [-0.05, 0) is 54.7 Å². The number of hydrogen-bond acceptors (Lipinski definition) is 5. The molecule has 6 nitrogen and oxygen atoms in total. The maximum atomic E-state index is 12.2. The van der Waals surface area contributed by atoms with Gasteiger partial charge in [-0.25, -0.2) is 4.79 Å². The zero-order valence-corrected chi connectivity index (χ0v) is 14.8. The van der Waals surface area contributed by atoms with Crippen molar-refractivity contribution in [2.45, 2.75) is 19.3 Å². The number of carbonyl (C=O) groups excluding carboxylic acids is 2. The molecule has 0 atom stereocenters. The number of amides is 1. The number of esters is 1. The first-order valence-corrected chi connectivity index (χ1v) is 8.41. The molecule has 3 rings (SSSR count). The SMILES string of the molecule is COc1ccc(OC)c(NC(=O)COC(=O)c2ccc3c(c2)CCC3)c1. The molecule has 0 saturated heterocycles. The maximum Gasteiger partial charge on any atom is 0.338 e. The van der Waals surface area contributed by atoms with Crippen LogP contribution >= 0.6 is 0 Å². The number of carbonyl (C=O) groups is 2. The number of nitrogens with one attached hydrogen (secondary N) is 1. The second kappa shape index (κ2) is 7.91. The number of anilines is 1. The summed E-state index contributed by atoms with van der Waals surface area (Å²) >= 11 is 0. The van der Waals surface area contributed by atoms with Crippen molar-refractivity contribution in [2.75, 3.05) is 26.1 Å². The number of aryl methyl sites for hydroxylation is 2. The van der Waals surface area contributed by atoms with Crippen molar-refractivity contribution >= 4 is 17.6 Å². The molecule has 0 aromatic heterocycles. The van der Waals surface area contributed by atoms with Gasteiger partial charge in [0.25, 0.3) is 5.91 Å². The summed E-state index contributed by atoms with van der Waals surface area (Å²) in [5.41, 5.74) is 3.39. The van der Waals surface area contributed by atoms with Gasteiger partial charge in [0.15, 0.2) is 6.61 Å². The number of ether oxygens (including phenoxy) is 3. The van der Waals surface area contributed by atoms with Crippen LogP contribution in [-0.2, 0) is 22.4 Å². The van der Waals surface area contributed by atoms with E-state index in [1.54, 1.807) is 24.3 Å². The van der Waals surface area contributed by atoms with Crippen molar-refractivity contribution in [2.24, 2.45) is 0 Å².